The van der Waals surface area contributed by atoms with Crippen LogP contribution >= 0.6 is 15.9 Å². The normalized spacial score (nSPS) is 22.2. The lowest BCUT2D eigenvalue weighted by atomic mass is 9.95. The third-order valence-electron chi connectivity index (χ3n) is 6.38. The highest BCUT2D eigenvalue weighted by Crippen LogP contribution is 2.41. The lowest BCUT2D eigenvalue weighted by molar-refractivity contribution is -0.140. The smallest absolute Gasteiger partial charge is 0.295 e. The maximum absolute atomic E-state index is 13.2. The molecule has 2 aromatic rings. The summed E-state index contributed by atoms with van der Waals surface area (Å²) >= 11 is 3.49. The predicted octanol–water partition coefficient (Wildman–Crippen LogP) is 3.74. The molecule has 0 aromatic heterocycles. The van der Waals surface area contributed by atoms with Gasteiger partial charge in [0.2, 0.25) is 0 Å². The third-order valence-corrected chi connectivity index (χ3v) is 6.87. The van der Waals surface area contributed by atoms with Gasteiger partial charge in [0.05, 0.1) is 11.6 Å². The summed E-state index contributed by atoms with van der Waals surface area (Å²) in [6, 6.07) is 11.9. The molecule has 33 heavy (non-hydrogen) atoms. The van der Waals surface area contributed by atoms with E-state index < -0.39 is 17.7 Å². The molecule has 7 nitrogen and oxygen atoms in total. The monoisotopic (exact) mass is 512 g/mol. The number of likely N-dealkylation sites (tertiary alicyclic amines) is 2. The first-order valence-electron chi connectivity index (χ1n) is 11.2. The van der Waals surface area contributed by atoms with Crippen LogP contribution in [0.3, 0.4) is 0 Å². The second kappa shape index (κ2) is 9.19. The number of ketones is 1. The highest BCUT2D eigenvalue weighted by molar-refractivity contribution is 9.10. The van der Waals surface area contributed by atoms with Gasteiger partial charge >= 0.3 is 0 Å². The quantitative estimate of drug-likeness (QED) is 0.373. The standard InChI is InChI=1S/C25H25BrN2O5/c26-18-5-3-4-16(14-18)22-21(23(29)17-6-7-19-20(15-17)33-13-12-32-19)24(30)25(31)28(22)11-10-27-8-1-2-9-27/h3-7,14-15,22,29H,1-2,8-13H2/b23-21+. The maximum atomic E-state index is 13.2. The fourth-order valence-electron chi connectivity index (χ4n) is 4.74. The molecule has 0 bridgehead atoms. The molecule has 0 radical (unpaired) electrons. The van der Waals surface area contributed by atoms with Crippen molar-refractivity contribution < 1.29 is 24.2 Å². The summed E-state index contributed by atoms with van der Waals surface area (Å²) in [6.07, 6.45) is 2.30. The minimum Gasteiger partial charge on any atom is -0.507 e. The Kier molecular flexibility index (Phi) is 6.12. The number of ether oxygens (including phenoxy) is 2. The van der Waals surface area contributed by atoms with Crippen LogP contribution < -0.4 is 9.47 Å². The van der Waals surface area contributed by atoms with Crippen molar-refractivity contribution in [3.8, 4) is 11.5 Å². The van der Waals surface area contributed by atoms with E-state index in [1.807, 2.05) is 24.3 Å². The molecule has 172 valence electrons. The number of aliphatic hydroxyl groups excluding tert-OH is 1. The van der Waals surface area contributed by atoms with Crippen LogP contribution in [0.25, 0.3) is 5.76 Å². The SMILES string of the molecule is O=C1C(=O)N(CCN2CCCC2)C(c2cccc(Br)c2)/C1=C(\O)c1ccc2c(c1)OCCO2. The fourth-order valence-corrected chi connectivity index (χ4v) is 5.15. The average Bonchev–Trinajstić information content (AvgIpc) is 3.43. The Morgan fingerprint density at radius 1 is 1.00 bits per heavy atom. The molecule has 0 spiro atoms. The van der Waals surface area contributed by atoms with E-state index in [2.05, 4.69) is 20.8 Å². The van der Waals surface area contributed by atoms with Gasteiger partial charge in [0.25, 0.3) is 11.7 Å². The Labute approximate surface area is 200 Å². The summed E-state index contributed by atoms with van der Waals surface area (Å²) in [5.41, 5.74) is 1.28. The number of carbonyl (C=O) groups excluding carboxylic acids is 2. The van der Waals surface area contributed by atoms with Crippen molar-refractivity contribution >= 4 is 33.4 Å². The van der Waals surface area contributed by atoms with Gasteiger partial charge in [-0.25, -0.2) is 0 Å². The van der Waals surface area contributed by atoms with E-state index in [1.165, 1.54) is 0 Å². The zero-order chi connectivity index (χ0) is 22.9. The van der Waals surface area contributed by atoms with E-state index in [9.17, 15) is 14.7 Å². The van der Waals surface area contributed by atoms with E-state index in [1.54, 1.807) is 23.1 Å². The first-order chi connectivity index (χ1) is 16.0. The molecule has 1 atom stereocenters. The number of carbonyl (C=O) groups is 2. The molecule has 3 heterocycles. The molecular formula is C25H25BrN2O5. The van der Waals surface area contributed by atoms with Crippen molar-refractivity contribution in [1.29, 1.82) is 0 Å². The molecule has 2 fully saturated rings. The average molecular weight is 513 g/mol. The van der Waals surface area contributed by atoms with Gasteiger partial charge in [-0.1, -0.05) is 28.1 Å². The van der Waals surface area contributed by atoms with Crippen LogP contribution in [0.15, 0.2) is 52.5 Å². The van der Waals surface area contributed by atoms with Gasteiger partial charge in [0.15, 0.2) is 11.5 Å². The molecule has 1 N–H and O–H groups in total. The molecule has 3 aliphatic rings. The van der Waals surface area contributed by atoms with Crippen LogP contribution in [0.5, 0.6) is 11.5 Å². The Balaban J connectivity index is 1.56. The number of hydrogen-bond acceptors (Lipinski definition) is 6. The van der Waals surface area contributed by atoms with E-state index in [-0.39, 0.29) is 11.3 Å². The van der Waals surface area contributed by atoms with E-state index in [0.29, 0.717) is 43.4 Å². The number of fused-ring (bicyclic) bond motifs is 1. The maximum Gasteiger partial charge on any atom is 0.295 e. The Bertz CT molecular complexity index is 1130. The van der Waals surface area contributed by atoms with Gasteiger partial charge < -0.3 is 24.4 Å². The molecular weight excluding hydrogens is 488 g/mol. The first-order valence-corrected chi connectivity index (χ1v) is 12.0. The molecule has 2 saturated heterocycles. The number of hydrogen-bond donors (Lipinski definition) is 1. The summed E-state index contributed by atoms with van der Waals surface area (Å²) in [4.78, 5) is 30.2. The van der Waals surface area contributed by atoms with Crippen molar-refractivity contribution in [3.05, 3.63) is 63.6 Å². The third kappa shape index (κ3) is 4.25. The highest BCUT2D eigenvalue weighted by Gasteiger charge is 2.46. The summed E-state index contributed by atoms with van der Waals surface area (Å²) in [5.74, 6) is -0.369. The Morgan fingerprint density at radius 2 is 1.76 bits per heavy atom. The zero-order valence-electron chi connectivity index (χ0n) is 18.1. The van der Waals surface area contributed by atoms with Gasteiger partial charge in [-0.2, -0.15) is 0 Å². The summed E-state index contributed by atoms with van der Waals surface area (Å²) in [6.45, 7) is 3.99. The molecule has 1 unspecified atom stereocenters. The van der Waals surface area contributed by atoms with Crippen LogP contribution in [0.2, 0.25) is 0 Å². The van der Waals surface area contributed by atoms with Crippen LogP contribution in [-0.2, 0) is 9.59 Å². The molecule has 8 heteroatoms. The van der Waals surface area contributed by atoms with Crippen LogP contribution in [0, 0.1) is 0 Å². The van der Waals surface area contributed by atoms with Crippen LogP contribution in [-0.4, -0.2) is 66.0 Å². The van der Waals surface area contributed by atoms with Crippen LogP contribution in [0.4, 0.5) is 0 Å². The van der Waals surface area contributed by atoms with Crippen molar-refractivity contribution in [2.75, 3.05) is 39.4 Å². The second-order valence-corrected chi connectivity index (χ2v) is 9.37. The van der Waals surface area contributed by atoms with Crippen molar-refractivity contribution in [2.45, 2.75) is 18.9 Å². The molecule has 0 saturated carbocycles. The van der Waals surface area contributed by atoms with E-state index in [0.717, 1.165) is 36.0 Å². The fraction of sp³-hybridized carbons (Fsp3) is 0.360. The van der Waals surface area contributed by atoms with Crippen molar-refractivity contribution in [3.63, 3.8) is 0 Å². The summed E-state index contributed by atoms with van der Waals surface area (Å²) in [5, 5.41) is 11.3. The largest absolute Gasteiger partial charge is 0.507 e. The number of amides is 1. The lowest BCUT2D eigenvalue weighted by Gasteiger charge is -2.27. The van der Waals surface area contributed by atoms with Gasteiger partial charge in [-0.05, 0) is 61.8 Å². The molecule has 3 aliphatic heterocycles. The molecule has 1 amide bonds. The lowest BCUT2D eigenvalue weighted by Crippen LogP contribution is -2.37. The highest BCUT2D eigenvalue weighted by atomic mass is 79.9. The minimum atomic E-state index is -0.672. The van der Waals surface area contributed by atoms with E-state index in [4.69, 9.17) is 9.47 Å². The number of rotatable bonds is 5. The summed E-state index contributed by atoms with van der Waals surface area (Å²) < 4.78 is 12.0. The van der Waals surface area contributed by atoms with Gasteiger partial charge in [-0.3, -0.25) is 9.59 Å². The number of benzene rings is 2. The molecule has 5 rings (SSSR count). The van der Waals surface area contributed by atoms with Crippen molar-refractivity contribution in [1.82, 2.24) is 9.80 Å². The second-order valence-electron chi connectivity index (χ2n) is 8.45. The number of Topliss-reactive ketones (excluding diaryl/α,β-unsaturated/α-hetero) is 1. The van der Waals surface area contributed by atoms with E-state index >= 15 is 0 Å². The van der Waals surface area contributed by atoms with Gasteiger partial charge in [-0.15, -0.1) is 0 Å². The topological polar surface area (TPSA) is 79.3 Å². The van der Waals surface area contributed by atoms with Crippen LogP contribution in [0.1, 0.15) is 30.0 Å². The molecule has 0 aliphatic carbocycles. The minimum absolute atomic E-state index is 0.0937. The number of nitrogens with zero attached hydrogens (tertiary/aromatic N) is 2. The number of halogens is 1. The molecule has 2 aromatic carbocycles. The van der Waals surface area contributed by atoms with Gasteiger partial charge in [0.1, 0.15) is 19.0 Å². The van der Waals surface area contributed by atoms with Gasteiger partial charge in [0, 0.05) is 23.1 Å². The summed E-state index contributed by atoms with van der Waals surface area (Å²) in [7, 11) is 0. The zero-order valence-corrected chi connectivity index (χ0v) is 19.7. The number of aliphatic hydroxyl groups is 1. The Hall–Kier alpha value is -2.84. The Morgan fingerprint density at radius 3 is 2.52 bits per heavy atom. The predicted molar refractivity (Wildman–Crippen MR) is 126 cm³/mol. The van der Waals surface area contributed by atoms with Crippen molar-refractivity contribution in [2.24, 2.45) is 0 Å². The first kappa shape index (κ1) is 22.0.